The van der Waals surface area contributed by atoms with Gasteiger partial charge in [0.05, 0.1) is 5.70 Å². The van der Waals surface area contributed by atoms with E-state index in [4.69, 9.17) is 0 Å². The zero-order valence-corrected chi connectivity index (χ0v) is 18.6. The van der Waals surface area contributed by atoms with Crippen LogP contribution in [0.15, 0.2) is 83.1 Å². The summed E-state index contributed by atoms with van der Waals surface area (Å²) in [5.41, 5.74) is 6.99. The number of anilines is 1. The van der Waals surface area contributed by atoms with Gasteiger partial charge in [-0.25, -0.2) is 9.98 Å². The largest absolute Gasteiger partial charge is 0.388 e. The van der Waals surface area contributed by atoms with E-state index in [0.29, 0.717) is 5.84 Å². The predicted octanol–water partition coefficient (Wildman–Crippen LogP) is 5.04. The van der Waals surface area contributed by atoms with Crippen LogP contribution in [0.2, 0.25) is 0 Å². The normalized spacial score (nSPS) is 16.0. The molecule has 1 aliphatic heterocycles. The van der Waals surface area contributed by atoms with Crippen molar-refractivity contribution in [2.75, 3.05) is 12.4 Å². The Morgan fingerprint density at radius 3 is 2.48 bits per heavy atom. The summed E-state index contributed by atoms with van der Waals surface area (Å²) in [5, 5.41) is 10.0. The Hall–Kier alpha value is -3.44. The molecular weight excluding hydrogens is 382 g/mol. The number of allylic oxidation sites excluding steroid dienone is 2. The first kappa shape index (κ1) is 22.2. The van der Waals surface area contributed by atoms with Crippen molar-refractivity contribution in [3.05, 3.63) is 95.3 Å². The summed E-state index contributed by atoms with van der Waals surface area (Å²) in [7, 11) is 1.94. The first-order valence-corrected chi connectivity index (χ1v) is 10.6. The molecule has 0 unspecified atom stereocenters. The van der Waals surface area contributed by atoms with Gasteiger partial charge in [-0.1, -0.05) is 56.0 Å². The number of benzene rings is 2. The number of hydrogen-bond donors (Lipinski definition) is 3. The van der Waals surface area contributed by atoms with Crippen molar-refractivity contribution in [3.8, 4) is 0 Å². The molecule has 0 aliphatic carbocycles. The molecule has 3 rings (SSSR count). The molecular formula is C26H31N5. The Balaban J connectivity index is 1.66. The van der Waals surface area contributed by atoms with Crippen LogP contribution in [0.4, 0.5) is 5.69 Å². The van der Waals surface area contributed by atoms with Crippen LogP contribution in [0.25, 0.3) is 6.08 Å². The summed E-state index contributed by atoms with van der Waals surface area (Å²) >= 11 is 0. The van der Waals surface area contributed by atoms with Gasteiger partial charge in [0.2, 0.25) is 0 Å². The fraction of sp³-hybridized carbons (Fsp3) is 0.231. The summed E-state index contributed by atoms with van der Waals surface area (Å²) < 4.78 is 0. The number of aryl methyl sites for hydroxylation is 1. The van der Waals surface area contributed by atoms with Crippen LogP contribution in [0, 0.1) is 0 Å². The van der Waals surface area contributed by atoms with Crippen molar-refractivity contribution in [2.24, 2.45) is 9.98 Å². The molecule has 0 atom stereocenters. The maximum Gasteiger partial charge on any atom is 0.177 e. The van der Waals surface area contributed by atoms with Crippen molar-refractivity contribution in [1.29, 1.82) is 0 Å². The maximum atomic E-state index is 4.36. The highest BCUT2D eigenvalue weighted by atomic mass is 15.1. The first-order valence-electron chi connectivity index (χ1n) is 10.6. The third-order valence-corrected chi connectivity index (χ3v) is 5.06. The summed E-state index contributed by atoms with van der Waals surface area (Å²) in [6, 6.07) is 15.3. The van der Waals surface area contributed by atoms with Crippen LogP contribution in [-0.4, -0.2) is 18.7 Å². The average molecular weight is 414 g/mol. The predicted molar refractivity (Wildman–Crippen MR) is 133 cm³/mol. The van der Waals surface area contributed by atoms with Gasteiger partial charge in [0.1, 0.15) is 5.84 Å². The second-order valence-corrected chi connectivity index (χ2v) is 7.34. The van der Waals surface area contributed by atoms with Gasteiger partial charge in [-0.05, 0) is 53.8 Å². The van der Waals surface area contributed by atoms with Crippen LogP contribution in [0.1, 0.15) is 36.1 Å². The fourth-order valence-corrected chi connectivity index (χ4v) is 3.38. The molecule has 0 fully saturated rings. The molecule has 1 heterocycles. The highest BCUT2D eigenvalue weighted by Gasteiger charge is 2.13. The van der Waals surface area contributed by atoms with Gasteiger partial charge in [0.15, 0.2) is 5.84 Å². The lowest BCUT2D eigenvalue weighted by atomic mass is 10.1. The second-order valence-electron chi connectivity index (χ2n) is 7.34. The lowest BCUT2D eigenvalue weighted by Crippen LogP contribution is -2.14. The van der Waals surface area contributed by atoms with Gasteiger partial charge in [-0.15, -0.1) is 0 Å². The summed E-state index contributed by atoms with van der Waals surface area (Å²) in [4.78, 5) is 8.57. The first-order chi connectivity index (χ1) is 15.1. The van der Waals surface area contributed by atoms with E-state index >= 15 is 0 Å². The van der Waals surface area contributed by atoms with Crippen molar-refractivity contribution >= 4 is 23.4 Å². The SMILES string of the molecule is C=CN=C1N=C(C)N/C1=C\C=C\c1cc(CNCc2ccc(CC)cc2)ccc1NC. The van der Waals surface area contributed by atoms with E-state index < -0.39 is 0 Å². The number of hydrogen-bond acceptors (Lipinski definition) is 4. The molecule has 0 radical (unpaired) electrons. The summed E-state index contributed by atoms with van der Waals surface area (Å²) in [5.74, 6) is 1.48. The zero-order chi connectivity index (χ0) is 22.1. The third-order valence-electron chi connectivity index (χ3n) is 5.06. The van der Waals surface area contributed by atoms with E-state index in [0.717, 1.165) is 42.3 Å². The Morgan fingerprint density at radius 1 is 1.06 bits per heavy atom. The number of nitrogens with one attached hydrogen (secondary N) is 3. The topological polar surface area (TPSA) is 60.8 Å². The number of rotatable bonds is 9. The Morgan fingerprint density at radius 2 is 1.77 bits per heavy atom. The quantitative estimate of drug-likeness (QED) is 0.540. The van der Waals surface area contributed by atoms with Gasteiger partial charge in [0.25, 0.3) is 0 Å². The minimum Gasteiger partial charge on any atom is -0.388 e. The minimum absolute atomic E-state index is 0.649. The second kappa shape index (κ2) is 11.1. The molecule has 1 aliphatic rings. The molecule has 0 bridgehead atoms. The molecule has 0 saturated carbocycles. The molecule has 3 N–H and O–H groups in total. The van der Waals surface area contributed by atoms with E-state index in [1.807, 2.05) is 26.1 Å². The highest BCUT2D eigenvalue weighted by Crippen LogP contribution is 2.19. The fourth-order valence-electron chi connectivity index (χ4n) is 3.38. The van der Waals surface area contributed by atoms with Crippen LogP contribution in [-0.2, 0) is 19.5 Å². The summed E-state index contributed by atoms with van der Waals surface area (Å²) in [6.45, 7) is 9.41. The van der Waals surface area contributed by atoms with Gasteiger partial charge in [-0.3, -0.25) is 0 Å². The molecule has 0 amide bonds. The van der Waals surface area contributed by atoms with Gasteiger partial charge in [-0.2, -0.15) is 0 Å². The van der Waals surface area contributed by atoms with Crippen LogP contribution < -0.4 is 16.0 Å². The van der Waals surface area contributed by atoms with E-state index in [1.54, 1.807) is 0 Å². The van der Waals surface area contributed by atoms with Crippen LogP contribution in [0.3, 0.4) is 0 Å². The van der Waals surface area contributed by atoms with Crippen molar-refractivity contribution in [2.45, 2.75) is 33.4 Å². The number of amidine groups is 2. The lowest BCUT2D eigenvalue weighted by molar-refractivity contribution is 0.693. The van der Waals surface area contributed by atoms with Crippen molar-refractivity contribution in [3.63, 3.8) is 0 Å². The van der Waals surface area contributed by atoms with E-state index in [-0.39, 0.29) is 0 Å². The Kier molecular flexibility index (Phi) is 7.96. The molecule has 160 valence electrons. The van der Waals surface area contributed by atoms with Crippen LogP contribution >= 0.6 is 0 Å². The van der Waals surface area contributed by atoms with Gasteiger partial charge < -0.3 is 16.0 Å². The number of nitrogens with zero attached hydrogens (tertiary/aromatic N) is 2. The molecule has 0 spiro atoms. The van der Waals surface area contributed by atoms with Crippen molar-refractivity contribution in [1.82, 2.24) is 10.6 Å². The average Bonchev–Trinajstić information content (AvgIpc) is 3.13. The monoisotopic (exact) mass is 413 g/mol. The lowest BCUT2D eigenvalue weighted by Gasteiger charge is -2.10. The van der Waals surface area contributed by atoms with Gasteiger partial charge >= 0.3 is 0 Å². The Bertz CT molecular complexity index is 1030. The van der Waals surface area contributed by atoms with E-state index in [2.05, 4.69) is 88.0 Å². The minimum atomic E-state index is 0.649. The molecule has 2 aromatic rings. The van der Waals surface area contributed by atoms with Crippen molar-refractivity contribution < 1.29 is 0 Å². The molecule has 0 aromatic heterocycles. The maximum absolute atomic E-state index is 4.36. The van der Waals surface area contributed by atoms with E-state index in [1.165, 1.54) is 22.9 Å². The standard InChI is InChI=1S/C26H31N5/c1-5-20-10-12-21(13-11-20)17-28-18-22-14-15-24(27-4)23(16-22)8-7-9-25-26(29-6-2)31-19(3)30-25/h6-16,27-28H,2,5,17-18H2,1,3-4H3,(H,29,30,31)/b8-7+,25-9-. The van der Waals surface area contributed by atoms with E-state index in [9.17, 15) is 0 Å². The zero-order valence-electron chi connectivity index (χ0n) is 18.6. The smallest absolute Gasteiger partial charge is 0.177 e. The molecule has 5 nitrogen and oxygen atoms in total. The van der Waals surface area contributed by atoms with Crippen LogP contribution in [0.5, 0.6) is 0 Å². The highest BCUT2D eigenvalue weighted by molar-refractivity contribution is 6.13. The number of aliphatic imine (C=N–C) groups is 2. The van der Waals surface area contributed by atoms with Gasteiger partial charge in [0, 0.05) is 32.0 Å². The molecule has 31 heavy (non-hydrogen) atoms. The molecule has 2 aromatic carbocycles. The summed E-state index contributed by atoms with van der Waals surface area (Å²) in [6.07, 6.45) is 8.66. The Labute approximate surface area is 185 Å². The third kappa shape index (κ3) is 6.27. The molecule has 5 heteroatoms. The molecule has 0 saturated heterocycles.